The van der Waals surface area contributed by atoms with Crippen LogP contribution in [-0.2, 0) is 14.3 Å². The summed E-state index contributed by atoms with van der Waals surface area (Å²) in [7, 11) is 5.43. The number of esters is 1. The molecule has 2 N–H and O–H groups in total. The van der Waals surface area contributed by atoms with Crippen molar-refractivity contribution in [1.82, 2.24) is 10.6 Å². The fourth-order valence-electron chi connectivity index (χ4n) is 2.47. The summed E-state index contributed by atoms with van der Waals surface area (Å²) in [6.45, 7) is 2.17. The third kappa shape index (κ3) is 4.05. The van der Waals surface area contributed by atoms with Gasteiger partial charge in [-0.3, -0.25) is 0 Å². The number of hydrogen-bond donors (Lipinski definition) is 2. The van der Waals surface area contributed by atoms with E-state index in [0.717, 1.165) is 11.3 Å². The maximum atomic E-state index is 12.4. The van der Waals surface area contributed by atoms with E-state index in [1.807, 2.05) is 43.3 Å². The fraction of sp³-hybridized carbons (Fsp3) is 0.412. The van der Waals surface area contributed by atoms with Gasteiger partial charge in [-0.2, -0.15) is 0 Å². The van der Waals surface area contributed by atoms with Crippen LogP contribution in [0.3, 0.4) is 0 Å². The zero-order chi connectivity index (χ0) is 17.7. The predicted molar refractivity (Wildman–Crippen MR) is 90.7 cm³/mol. The van der Waals surface area contributed by atoms with Crippen molar-refractivity contribution in [2.24, 2.45) is 0 Å². The average molecular weight is 333 g/mol. The van der Waals surface area contributed by atoms with Crippen molar-refractivity contribution >= 4 is 17.7 Å². The monoisotopic (exact) mass is 333 g/mol. The van der Waals surface area contributed by atoms with Gasteiger partial charge in [-0.1, -0.05) is 12.1 Å². The highest BCUT2D eigenvalue weighted by atomic mass is 16.6. The molecular weight excluding hydrogens is 310 g/mol. The first kappa shape index (κ1) is 17.8. The highest BCUT2D eigenvalue weighted by molar-refractivity contribution is 5.95. The molecule has 0 spiro atoms. The number of nitrogens with zero attached hydrogens (tertiary/aromatic N) is 1. The molecule has 0 aromatic heterocycles. The number of nitrogens with one attached hydrogen (secondary N) is 2. The molecule has 0 unspecified atom stereocenters. The van der Waals surface area contributed by atoms with Gasteiger partial charge < -0.3 is 25.0 Å². The number of hydrogen-bond acceptors (Lipinski definition) is 5. The van der Waals surface area contributed by atoms with Crippen molar-refractivity contribution in [1.29, 1.82) is 0 Å². The number of allylic oxidation sites excluding steroid dienone is 1. The van der Waals surface area contributed by atoms with Gasteiger partial charge in [0.15, 0.2) is 0 Å². The van der Waals surface area contributed by atoms with Crippen LogP contribution in [0.5, 0.6) is 0 Å². The molecule has 130 valence electrons. The maximum absolute atomic E-state index is 12.4. The summed E-state index contributed by atoms with van der Waals surface area (Å²) in [5, 5.41) is 5.40. The van der Waals surface area contributed by atoms with Crippen molar-refractivity contribution in [3.05, 3.63) is 41.1 Å². The van der Waals surface area contributed by atoms with Crippen LogP contribution in [0.4, 0.5) is 10.5 Å². The standard InChI is InChI=1S/C17H23N3O4/c1-11-14(16(21)24-10-9-23-4)15(19-17(22)18-11)12-5-7-13(8-6-12)20(2)3/h5-8,15H,9-10H2,1-4H3,(H2,18,19,22)/t15-/m0/s1. The van der Waals surface area contributed by atoms with Crippen molar-refractivity contribution in [3.63, 3.8) is 0 Å². The minimum absolute atomic E-state index is 0.159. The third-order valence-corrected chi connectivity index (χ3v) is 3.75. The van der Waals surface area contributed by atoms with Gasteiger partial charge in [-0.05, 0) is 24.6 Å². The van der Waals surface area contributed by atoms with E-state index in [2.05, 4.69) is 10.6 Å². The summed E-state index contributed by atoms with van der Waals surface area (Å²) in [6, 6.07) is 6.76. The molecule has 1 aliphatic rings. The summed E-state index contributed by atoms with van der Waals surface area (Å²) >= 11 is 0. The molecule has 0 fully saturated rings. The first-order valence-electron chi connectivity index (χ1n) is 7.65. The second-order valence-electron chi connectivity index (χ2n) is 5.68. The summed E-state index contributed by atoms with van der Waals surface area (Å²) < 4.78 is 10.1. The number of anilines is 1. The first-order valence-corrected chi connectivity index (χ1v) is 7.65. The Morgan fingerprint density at radius 1 is 1.21 bits per heavy atom. The molecule has 2 amide bonds. The van der Waals surface area contributed by atoms with Crippen LogP contribution in [-0.4, -0.2) is 46.4 Å². The molecule has 24 heavy (non-hydrogen) atoms. The van der Waals surface area contributed by atoms with E-state index in [1.165, 1.54) is 7.11 Å². The molecule has 2 rings (SSSR count). The second kappa shape index (κ2) is 7.83. The molecule has 0 bridgehead atoms. The second-order valence-corrected chi connectivity index (χ2v) is 5.68. The van der Waals surface area contributed by atoms with Gasteiger partial charge in [-0.15, -0.1) is 0 Å². The van der Waals surface area contributed by atoms with E-state index >= 15 is 0 Å². The quantitative estimate of drug-likeness (QED) is 0.610. The van der Waals surface area contributed by atoms with Crippen molar-refractivity contribution in [2.75, 3.05) is 39.3 Å². The van der Waals surface area contributed by atoms with Crippen LogP contribution in [0.25, 0.3) is 0 Å². The van der Waals surface area contributed by atoms with Gasteiger partial charge in [0.1, 0.15) is 6.61 Å². The molecule has 1 aromatic rings. The maximum Gasteiger partial charge on any atom is 0.338 e. The van der Waals surface area contributed by atoms with E-state index in [0.29, 0.717) is 17.9 Å². The van der Waals surface area contributed by atoms with Crippen LogP contribution in [0.1, 0.15) is 18.5 Å². The van der Waals surface area contributed by atoms with Crippen LogP contribution < -0.4 is 15.5 Å². The smallest absolute Gasteiger partial charge is 0.338 e. The normalized spacial score (nSPS) is 17.2. The minimum atomic E-state index is -0.551. The van der Waals surface area contributed by atoms with E-state index in [-0.39, 0.29) is 12.6 Å². The molecule has 1 aliphatic heterocycles. The molecule has 0 saturated heterocycles. The highest BCUT2D eigenvalue weighted by Gasteiger charge is 2.32. The molecular formula is C17H23N3O4. The van der Waals surface area contributed by atoms with Gasteiger partial charge in [0.25, 0.3) is 0 Å². The fourth-order valence-corrected chi connectivity index (χ4v) is 2.47. The number of rotatable bonds is 6. The van der Waals surface area contributed by atoms with E-state index in [9.17, 15) is 9.59 Å². The average Bonchev–Trinajstić information content (AvgIpc) is 2.54. The third-order valence-electron chi connectivity index (χ3n) is 3.75. The van der Waals surface area contributed by atoms with Gasteiger partial charge in [-0.25, -0.2) is 9.59 Å². The molecule has 1 aromatic carbocycles. The Morgan fingerprint density at radius 2 is 1.88 bits per heavy atom. The number of methoxy groups -OCH3 is 1. The summed E-state index contributed by atoms with van der Waals surface area (Å²) in [5.41, 5.74) is 2.73. The van der Waals surface area contributed by atoms with E-state index in [1.54, 1.807) is 6.92 Å². The lowest BCUT2D eigenvalue weighted by Crippen LogP contribution is -2.45. The number of carbonyl (C=O) groups excluding carboxylic acids is 2. The topological polar surface area (TPSA) is 79.9 Å². The van der Waals surface area contributed by atoms with Crippen molar-refractivity contribution in [3.8, 4) is 0 Å². The SMILES string of the molecule is COCCOC(=O)C1=C(C)NC(=O)N[C@H]1c1ccc(N(C)C)cc1. The van der Waals surface area contributed by atoms with Crippen molar-refractivity contribution in [2.45, 2.75) is 13.0 Å². The van der Waals surface area contributed by atoms with Crippen molar-refractivity contribution < 1.29 is 19.1 Å². The van der Waals surface area contributed by atoms with Crippen LogP contribution in [0, 0.1) is 0 Å². The molecule has 7 nitrogen and oxygen atoms in total. The van der Waals surface area contributed by atoms with Crippen LogP contribution >= 0.6 is 0 Å². The lowest BCUT2D eigenvalue weighted by atomic mass is 9.95. The first-order chi connectivity index (χ1) is 11.4. The Morgan fingerprint density at radius 3 is 2.46 bits per heavy atom. The Kier molecular flexibility index (Phi) is 5.81. The van der Waals surface area contributed by atoms with Crippen LogP contribution in [0.15, 0.2) is 35.5 Å². The van der Waals surface area contributed by atoms with Gasteiger partial charge in [0.05, 0.1) is 18.2 Å². The summed E-state index contributed by atoms with van der Waals surface area (Å²) in [6.07, 6.45) is 0. The van der Waals surface area contributed by atoms with Gasteiger partial charge in [0.2, 0.25) is 0 Å². The Hall–Kier alpha value is -2.54. The lowest BCUT2D eigenvalue weighted by Gasteiger charge is -2.28. The zero-order valence-electron chi connectivity index (χ0n) is 14.4. The Labute approximate surface area is 141 Å². The highest BCUT2D eigenvalue weighted by Crippen LogP contribution is 2.28. The molecule has 0 aliphatic carbocycles. The molecule has 0 radical (unpaired) electrons. The number of urea groups is 1. The molecule has 1 heterocycles. The zero-order valence-corrected chi connectivity index (χ0v) is 14.4. The summed E-state index contributed by atoms with van der Waals surface area (Å²) in [5.74, 6) is -0.473. The number of carbonyl (C=O) groups is 2. The minimum Gasteiger partial charge on any atom is -0.460 e. The number of ether oxygens (including phenoxy) is 2. The van der Waals surface area contributed by atoms with Crippen LogP contribution in [0.2, 0.25) is 0 Å². The van der Waals surface area contributed by atoms with Gasteiger partial charge in [0, 0.05) is 32.6 Å². The van der Waals surface area contributed by atoms with Gasteiger partial charge >= 0.3 is 12.0 Å². The Balaban J connectivity index is 2.28. The Bertz CT molecular complexity index is 638. The van der Waals surface area contributed by atoms with E-state index < -0.39 is 12.0 Å². The largest absolute Gasteiger partial charge is 0.460 e. The molecule has 7 heteroatoms. The molecule has 1 atom stereocenters. The van der Waals surface area contributed by atoms with E-state index in [4.69, 9.17) is 9.47 Å². The summed E-state index contributed by atoms with van der Waals surface area (Å²) in [4.78, 5) is 26.2. The lowest BCUT2D eigenvalue weighted by molar-refractivity contribution is -0.140. The number of amides is 2. The molecule has 0 saturated carbocycles. The number of benzene rings is 1. The predicted octanol–water partition coefficient (Wildman–Crippen LogP) is 1.57.